The lowest BCUT2D eigenvalue weighted by atomic mass is 10.1. The molecule has 5 aromatic rings. The molecule has 0 aliphatic carbocycles. The van der Waals surface area contributed by atoms with E-state index in [2.05, 4.69) is 40.5 Å². The van der Waals surface area contributed by atoms with Gasteiger partial charge < -0.3 is 15.6 Å². The first-order chi connectivity index (χ1) is 17.7. The number of alkyl halides is 3. The van der Waals surface area contributed by atoms with Crippen molar-refractivity contribution in [2.75, 3.05) is 10.6 Å². The summed E-state index contributed by atoms with van der Waals surface area (Å²) >= 11 is 0. The van der Waals surface area contributed by atoms with E-state index in [0.29, 0.717) is 34.3 Å². The summed E-state index contributed by atoms with van der Waals surface area (Å²) in [7, 11) is 0. The van der Waals surface area contributed by atoms with E-state index in [1.165, 1.54) is 12.5 Å². The van der Waals surface area contributed by atoms with Crippen LogP contribution in [0.2, 0.25) is 0 Å². The van der Waals surface area contributed by atoms with Crippen molar-refractivity contribution in [1.82, 2.24) is 29.9 Å². The van der Waals surface area contributed by atoms with Crippen LogP contribution in [0.25, 0.3) is 22.4 Å². The molecule has 0 aliphatic rings. The Kier molecular flexibility index (Phi) is 5.95. The summed E-state index contributed by atoms with van der Waals surface area (Å²) in [4.78, 5) is 35.2. The smallest absolute Gasteiger partial charge is 0.339 e. The van der Waals surface area contributed by atoms with Gasteiger partial charge in [0.15, 0.2) is 5.65 Å². The number of fused-ring (bicyclic) bond motifs is 1. The second kappa shape index (κ2) is 9.26. The Bertz CT molecular complexity index is 1630. The molecule has 0 aliphatic heterocycles. The molecule has 13 heteroatoms. The Morgan fingerprint density at radius 1 is 1.00 bits per heavy atom. The SMILES string of the molecule is Cc1ccc(NC(=O)c2cc(C(F)(F)F)ccn2)cc1Nc1ncccc1-c1nc(F)nc2[nH]cnc12. The number of imidazole rings is 1. The molecule has 1 amide bonds. The Morgan fingerprint density at radius 3 is 2.65 bits per heavy atom. The molecule has 1 aromatic carbocycles. The molecule has 3 N–H and O–H groups in total. The topological polar surface area (TPSA) is 121 Å². The van der Waals surface area contributed by atoms with Gasteiger partial charge in [0.1, 0.15) is 22.7 Å². The second-order valence-corrected chi connectivity index (χ2v) is 7.88. The van der Waals surface area contributed by atoms with Crippen molar-refractivity contribution >= 4 is 34.3 Å². The van der Waals surface area contributed by atoms with E-state index in [4.69, 9.17) is 0 Å². The molecule has 4 heterocycles. The third kappa shape index (κ3) is 4.91. The van der Waals surface area contributed by atoms with Crippen LogP contribution in [0.5, 0.6) is 0 Å². The van der Waals surface area contributed by atoms with E-state index in [9.17, 15) is 22.4 Å². The highest BCUT2D eigenvalue weighted by Gasteiger charge is 2.31. The van der Waals surface area contributed by atoms with Crippen molar-refractivity contribution in [3.05, 3.63) is 84.1 Å². The zero-order valence-corrected chi connectivity index (χ0v) is 18.9. The summed E-state index contributed by atoms with van der Waals surface area (Å²) in [6, 6.07) is 9.70. The molecule has 9 nitrogen and oxygen atoms in total. The van der Waals surface area contributed by atoms with Crippen molar-refractivity contribution < 1.29 is 22.4 Å². The van der Waals surface area contributed by atoms with Gasteiger partial charge in [-0.25, -0.2) is 9.97 Å². The van der Waals surface area contributed by atoms with Crippen molar-refractivity contribution in [1.29, 1.82) is 0 Å². The average Bonchev–Trinajstić information content (AvgIpc) is 3.34. The van der Waals surface area contributed by atoms with Crippen LogP contribution in [0.1, 0.15) is 21.6 Å². The van der Waals surface area contributed by atoms with Gasteiger partial charge in [0.2, 0.25) is 0 Å². The van der Waals surface area contributed by atoms with Crippen LogP contribution < -0.4 is 10.6 Å². The number of hydrogen-bond acceptors (Lipinski definition) is 7. The Morgan fingerprint density at radius 2 is 1.84 bits per heavy atom. The molecule has 0 saturated carbocycles. The standard InChI is InChI=1S/C24H16F4N8O/c1-12-4-5-14(33-22(37)17-9-13(6-8-29-17)24(26,27)28)10-16(12)34-20-15(3-2-7-30-20)18-19-21(32-11-31-19)36-23(25)35-18/h2-11H,1H3,(H,30,34)(H,33,37)(H,31,32,35,36). The average molecular weight is 508 g/mol. The first-order valence-corrected chi connectivity index (χ1v) is 10.7. The lowest BCUT2D eigenvalue weighted by Crippen LogP contribution is -2.15. The van der Waals surface area contributed by atoms with Crippen LogP contribution in [0.3, 0.4) is 0 Å². The quantitative estimate of drug-likeness (QED) is 0.218. The number of nitrogens with zero attached hydrogens (tertiary/aromatic N) is 5. The van der Waals surface area contributed by atoms with Crippen LogP contribution in [-0.4, -0.2) is 35.8 Å². The van der Waals surface area contributed by atoms with Gasteiger partial charge in [-0.05, 0) is 48.9 Å². The minimum absolute atomic E-state index is 0.220. The number of benzene rings is 1. The fourth-order valence-electron chi connectivity index (χ4n) is 3.58. The van der Waals surface area contributed by atoms with E-state index in [0.717, 1.165) is 17.8 Å². The van der Waals surface area contributed by atoms with Crippen LogP contribution in [0.15, 0.2) is 61.2 Å². The van der Waals surface area contributed by atoms with Crippen molar-refractivity contribution in [2.24, 2.45) is 0 Å². The van der Waals surface area contributed by atoms with E-state index in [1.807, 2.05) is 0 Å². The van der Waals surface area contributed by atoms with Crippen molar-refractivity contribution in [2.45, 2.75) is 13.1 Å². The first kappa shape index (κ1) is 23.8. The fourth-order valence-corrected chi connectivity index (χ4v) is 3.58. The number of H-pyrrole nitrogens is 1. The van der Waals surface area contributed by atoms with Gasteiger partial charge in [0, 0.05) is 29.3 Å². The van der Waals surface area contributed by atoms with Gasteiger partial charge in [-0.2, -0.15) is 27.5 Å². The summed E-state index contributed by atoms with van der Waals surface area (Å²) in [6.45, 7) is 1.81. The van der Waals surface area contributed by atoms with E-state index < -0.39 is 23.7 Å². The number of aromatic amines is 1. The van der Waals surface area contributed by atoms with Crippen LogP contribution >= 0.6 is 0 Å². The minimum atomic E-state index is -4.60. The predicted octanol–water partition coefficient (Wildman–Crippen LogP) is 5.27. The second-order valence-electron chi connectivity index (χ2n) is 7.88. The Hall–Kier alpha value is -4.94. The number of aryl methyl sites for hydroxylation is 1. The van der Waals surface area contributed by atoms with Gasteiger partial charge in [0.25, 0.3) is 5.91 Å². The summed E-state index contributed by atoms with van der Waals surface area (Å²) in [6.07, 6.45) is -1.71. The molecule has 0 saturated heterocycles. The van der Waals surface area contributed by atoms with Gasteiger partial charge in [-0.1, -0.05) is 6.07 Å². The lowest BCUT2D eigenvalue weighted by molar-refractivity contribution is -0.137. The Labute approximate surface area is 206 Å². The number of rotatable bonds is 5. The van der Waals surface area contributed by atoms with E-state index in [-0.39, 0.29) is 17.0 Å². The summed E-state index contributed by atoms with van der Waals surface area (Å²) < 4.78 is 53.1. The maximum atomic E-state index is 14.1. The first-order valence-electron chi connectivity index (χ1n) is 10.7. The number of nitrogens with one attached hydrogen (secondary N) is 3. The highest BCUT2D eigenvalue weighted by Crippen LogP contribution is 2.33. The van der Waals surface area contributed by atoms with Crippen molar-refractivity contribution in [3.8, 4) is 11.3 Å². The van der Waals surface area contributed by atoms with Gasteiger partial charge in [-0.15, -0.1) is 0 Å². The van der Waals surface area contributed by atoms with Crippen LogP contribution in [0.4, 0.5) is 34.8 Å². The van der Waals surface area contributed by atoms with E-state index in [1.54, 1.807) is 37.3 Å². The number of pyridine rings is 2. The number of hydrogen-bond donors (Lipinski definition) is 3. The number of halogens is 4. The summed E-state index contributed by atoms with van der Waals surface area (Å²) in [5.74, 6) is -0.479. The molecule has 0 fully saturated rings. The normalized spacial score (nSPS) is 11.5. The third-order valence-corrected chi connectivity index (χ3v) is 5.38. The van der Waals surface area contributed by atoms with Gasteiger partial charge in [0.05, 0.1) is 11.9 Å². The highest BCUT2D eigenvalue weighted by atomic mass is 19.4. The zero-order valence-electron chi connectivity index (χ0n) is 18.9. The lowest BCUT2D eigenvalue weighted by Gasteiger charge is -2.14. The molecule has 5 rings (SSSR count). The molecule has 0 atom stereocenters. The largest absolute Gasteiger partial charge is 0.416 e. The predicted molar refractivity (Wildman–Crippen MR) is 127 cm³/mol. The van der Waals surface area contributed by atoms with Crippen LogP contribution in [-0.2, 0) is 6.18 Å². The summed E-state index contributed by atoms with van der Waals surface area (Å²) in [5, 5.41) is 5.70. The Balaban J connectivity index is 1.45. The molecule has 186 valence electrons. The molecule has 37 heavy (non-hydrogen) atoms. The molecule has 0 unspecified atom stereocenters. The number of carbonyl (C=O) groups is 1. The monoisotopic (exact) mass is 508 g/mol. The number of aromatic nitrogens is 6. The third-order valence-electron chi connectivity index (χ3n) is 5.38. The number of carbonyl (C=O) groups excluding carboxylic acids is 1. The van der Waals surface area contributed by atoms with Gasteiger partial charge >= 0.3 is 12.3 Å². The van der Waals surface area contributed by atoms with Crippen molar-refractivity contribution in [3.63, 3.8) is 0 Å². The highest BCUT2D eigenvalue weighted by molar-refractivity contribution is 6.03. The maximum Gasteiger partial charge on any atom is 0.416 e. The van der Waals surface area contributed by atoms with E-state index >= 15 is 0 Å². The molecule has 4 aromatic heterocycles. The van der Waals surface area contributed by atoms with Gasteiger partial charge in [-0.3, -0.25) is 9.78 Å². The number of anilines is 3. The minimum Gasteiger partial charge on any atom is -0.339 e. The van der Waals surface area contributed by atoms with Crippen LogP contribution in [0, 0.1) is 13.0 Å². The fraction of sp³-hybridized carbons (Fsp3) is 0.0833. The maximum absolute atomic E-state index is 14.1. The zero-order chi connectivity index (χ0) is 26.2. The summed E-state index contributed by atoms with van der Waals surface area (Å²) in [5.41, 5.74) is 1.48. The molecule has 0 bridgehead atoms. The molecular weight excluding hydrogens is 492 g/mol. The number of amides is 1. The molecule has 0 spiro atoms. The molecule has 0 radical (unpaired) electrons. The molecular formula is C24H16F4N8O.